The lowest BCUT2D eigenvalue weighted by Gasteiger charge is -2.22. The van der Waals surface area contributed by atoms with E-state index < -0.39 is 0 Å². The molecule has 0 aliphatic heterocycles. The molecule has 0 spiro atoms. The van der Waals surface area contributed by atoms with Crippen molar-refractivity contribution in [2.24, 2.45) is 0 Å². The van der Waals surface area contributed by atoms with Crippen LogP contribution in [0.15, 0.2) is 182 Å². The quantitative estimate of drug-likeness (QED) is 0.164. The molecule has 0 atom stereocenters. The second-order valence-electron chi connectivity index (χ2n) is 15.3. The summed E-state index contributed by atoms with van der Waals surface area (Å²) in [6, 6.07) is 68.0. The van der Waals surface area contributed by atoms with E-state index in [1.54, 1.807) is 0 Å². The lowest BCUT2D eigenvalue weighted by Crippen LogP contribution is -2.14. The van der Waals surface area contributed by atoms with E-state index in [1.165, 1.54) is 109 Å². The Hall–Kier alpha value is -6.50. The van der Waals surface area contributed by atoms with Crippen LogP contribution in [0.5, 0.6) is 0 Å². The molecule has 0 heteroatoms. The minimum Gasteiger partial charge on any atom is -0.0619 e. The lowest BCUT2D eigenvalue weighted by molar-refractivity contribution is 0.660. The molecule has 0 saturated heterocycles. The molecule has 1 aliphatic rings. The first-order valence-electron chi connectivity index (χ1n) is 18.7. The summed E-state index contributed by atoms with van der Waals surface area (Å²) in [6.07, 6.45) is 0. The van der Waals surface area contributed by atoms with Crippen LogP contribution in [0.4, 0.5) is 0 Å². The van der Waals surface area contributed by atoms with Crippen LogP contribution in [0.1, 0.15) is 25.0 Å². The molecule has 0 bridgehead atoms. The second kappa shape index (κ2) is 11.2. The maximum absolute atomic E-state index is 2.42. The maximum Gasteiger partial charge on any atom is 0.0159 e. The Morgan fingerprint density at radius 1 is 0.264 bits per heavy atom. The minimum atomic E-state index is -0.0114. The highest BCUT2D eigenvalue weighted by molar-refractivity contribution is 6.25. The topological polar surface area (TPSA) is 0 Å². The Labute approximate surface area is 309 Å². The summed E-state index contributed by atoms with van der Waals surface area (Å²) in [5.41, 5.74) is 13.0. The first-order valence-corrected chi connectivity index (χ1v) is 18.7. The first-order chi connectivity index (χ1) is 26.0. The average molecular weight is 673 g/mol. The van der Waals surface area contributed by atoms with Crippen LogP contribution < -0.4 is 0 Å². The van der Waals surface area contributed by atoms with Gasteiger partial charge in [0.2, 0.25) is 0 Å². The normalized spacial score (nSPS) is 13.2. The highest BCUT2D eigenvalue weighted by Crippen LogP contribution is 2.49. The fourth-order valence-corrected chi connectivity index (χ4v) is 9.18. The van der Waals surface area contributed by atoms with Crippen molar-refractivity contribution in [1.29, 1.82) is 0 Å². The summed E-state index contributed by atoms with van der Waals surface area (Å²) in [4.78, 5) is 0. The summed E-state index contributed by atoms with van der Waals surface area (Å²) >= 11 is 0. The maximum atomic E-state index is 2.42. The van der Waals surface area contributed by atoms with Crippen molar-refractivity contribution in [2.75, 3.05) is 0 Å². The van der Waals surface area contributed by atoms with Gasteiger partial charge in [-0.2, -0.15) is 0 Å². The zero-order chi connectivity index (χ0) is 35.3. The zero-order valence-corrected chi connectivity index (χ0v) is 29.8. The van der Waals surface area contributed by atoms with Crippen molar-refractivity contribution in [3.63, 3.8) is 0 Å². The number of fused-ring (bicyclic) bond motifs is 11. The van der Waals surface area contributed by atoms with E-state index in [0.717, 1.165) is 0 Å². The standard InChI is InChI=1S/C53H36/c1-53(2)51-14-8-7-13-48(51)49-26-24-41(32-52(49)53)39-18-16-33-15-17-38(29-42(33)30-39)36-20-19-35-28-37(22-21-34(35)27-36)40-23-25-47-45-11-4-3-9-43(45)44-10-5-6-12-46(44)50(47)31-40/h3-32H,1-2H3. The Bertz CT molecular complexity index is 3100. The van der Waals surface area contributed by atoms with Crippen molar-refractivity contribution < 1.29 is 0 Å². The molecular formula is C53H36. The molecule has 0 unspecified atom stereocenters. The van der Waals surface area contributed by atoms with Gasteiger partial charge in [0, 0.05) is 5.41 Å². The smallest absolute Gasteiger partial charge is 0.0159 e. The van der Waals surface area contributed by atoms with Crippen LogP contribution in [-0.4, -0.2) is 0 Å². The third-order valence-electron chi connectivity index (χ3n) is 12.0. The van der Waals surface area contributed by atoms with E-state index in [2.05, 4.69) is 196 Å². The van der Waals surface area contributed by atoms with Crippen molar-refractivity contribution in [3.05, 3.63) is 193 Å². The zero-order valence-electron chi connectivity index (χ0n) is 29.8. The van der Waals surface area contributed by atoms with E-state index in [0.29, 0.717) is 0 Å². The molecule has 10 aromatic rings. The van der Waals surface area contributed by atoms with Gasteiger partial charge >= 0.3 is 0 Å². The Kier molecular flexibility index (Phi) is 6.40. The molecule has 1 aliphatic carbocycles. The molecular weight excluding hydrogens is 637 g/mol. The molecule has 10 aromatic carbocycles. The van der Waals surface area contributed by atoms with Gasteiger partial charge in [0.25, 0.3) is 0 Å². The van der Waals surface area contributed by atoms with Gasteiger partial charge in [-0.15, -0.1) is 0 Å². The Morgan fingerprint density at radius 3 is 1.26 bits per heavy atom. The summed E-state index contributed by atoms with van der Waals surface area (Å²) in [5, 5.41) is 12.9. The van der Waals surface area contributed by atoms with Gasteiger partial charge in [-0.3, -0.25) is 0 Å². The third-order valence-corrected chi connectivity index (χ3v) is 12.0. The molecule has 0 radical (unpaired) electrons. The molecule has 0 N–H and O–H groups in total. The second-order valence-corrected chi connectivity index (χ2v) is 15.3. The predicted molar refractivity (Wildman–Crippen MR) is 228 cm³/mol. The van der Waals surface area contributed by atoms with Crippen LogP contribution >= 0.6 is 0 Å². The molecule has 0 nitrogen and oxygen atoms in total. The highest BCUT2D eigenvalue weighted by atomic mass is 14.4. The predicted octanol–water partition coefficient (Wildman–Crippen LogP) is 14.8. The molecule has 248 valence electrons. The van der Waals surface area contributed by atoms with Gasteiger partial charge in [0.1, 0.15) is 0 Å². The van der Waals surface area contributed by atoms with E-state index in [-0.39, 0.29) is 5.41 Å². The number of hydrogen-bond acceptors (Lipinski definition) is 0. The monoisotopic (exact) mass is 672 g/mol. The summed E-state index contributed by atoms with van der Waals surface area (Å²) in [7, 11) is 0. The van der Waals surface area contributed by atoms with Gasteiger partial charge in [-0.1, -0.05) is 159 Å². The van der Waals surface area contributed by atoms with Crippen molar-refractivity contribution >= 4 is 53.9 Å². The van der Waals surface area contributed by atoms with Crippen molar-refractivity contribution in [2.45, 2.75) is 19.3 Å². The van der Waals surface area contributed by atoms with E-state index >= 15 is 0 Å². The van der Waals surface area contributed by atoms with Gasteiger partial charge in [-0.05, 0) is 146 Å². The Morgan fingerprint density at radius 2 is 0.660 bits per heavy atom. The minimum absolute atomic E-state index is 0.0114. The fourth-order valence-electron chi connectivity index (χ4n) is 9.18. The largest absolute Gasteiger partial charge is 0.0619 e. The third kappa shape index (κ3) is 4.62. The molecule has 0 aromatic heterocycles. The lowest BCUT2D eigenvalue weighted by atomic mass is 9.81. The molecule has 11 rings (SSSR count). The van der Waals surface area contributed by atoms with E-state index in [9.17, 15) is 0 Å². The van der Waals surface area contributed by atoms with Crippen LogP contribution in [0, 0.1) is 0 Å². The van der Waals surface area contributed by atoms with Crippen molar-refractivity contribution in [1.82, 2.24) is 0 Å². The first kappa shape index (κ1) is 30.2. The van der Waals surface area contributed by atoms with Gasteiger partial charge in [0.05, 0.1) is 0 Å². The number of rotatable bonds is 3. The molecule has 0 fully saturated rings. The van der Waals surface area contributed by atoms with Crippen molar-refractivity contribution in [3.8, 4) is 44.5 Å². The summed E-state index contributed by atoms with van der Waals surface area (Å²) < 4.78 is 0. The van der Waals surface area contributed by atoms with Gasteiger partial charge in [0.15, 0.2) is 0 Å². The Balaban J connectivity index is 0.941. The molecule has 0 amide bonds. The number of hydrogen-bond donors (Lipinski definition) is 0. The van der Waals surface area contributed by atoms with E-state index in [1.807, 2.05) is 0 Å². The van der Waals surface area contributed by atoms with Gasteiger partial charge in [-0.25, -0.2) is 0 Å². The van der Waals surface area contributed by atoms with Crippen LogP contribution in [0.3, 0.4) is 0 Å². The summed E-state index contributed by atoms with van der Waals surface area (Å²) in [5.74, 6) is 0. The molecule has 0 saturated carbocycles. The SMILES string of the molecule is CC1(C)c2ccccc2-c2ccc(-c3ccc4ccc(-c5ccc6cc(-c7ccc8c9ccccc9c9ccccc9c8c7)ccc6c5)cc4c3)cc21. The van der Waals surface area contributed by atoms with Crippen LogP contribution in [0.25, 0.3) is 98.4 Å². The number of benzene rings is 10. The molecule has 53 heavy (non-hydrogen) atoms. The van der Waals surface area contributed by atoms with Crippen LogP contribution in [-0.2, 0) is 5.41 Å². The fraction of sp³-hybridized carbons (Fsp3) is 0.0566. The highest BCUT2D eigenvalue weighted by Gasteiger charge is 2.35. The average Bonchev–Trinajstić information content (AvgIpc) is 3.45. The van der Waals surface area contributed by atoms with Crippen LogP contribution in [0.2, 0.25) is 0 Å². The summed E-state index contributed by atoms with van der Waals surface area (Å²) in [6.45, 7) is 4.70. The molecule has 0 heterocycles. The van der Waals surface area contributed by atoms with Gasteiger partial charge < -0.3 is 0 Å². The van der Waals surface area contributed by atoms with E-state index in [4.69, 9.17) is 0 Å².